The summed E-state index contributed by atoms with van der Waals surface area (Å²) < 4.78 is 0. The third-order valence-corrected chi connectivity index (χ3v) is 7.26. The summed E-state index contributed by atoms with van der Waals surface area (Å²) in [5.74, 6) is 0.117. The Hall–Kier alpha value is -2.38. The monoisotopic (exact) mass is 453 g/mol. The number of imide groups is 1. The highest BCUT2D eigenvalue weighted by molar-refractivity contribution is 5.96. The van der Waals surface area contributed by atoms with Crippen LogP contribution in [0.4, 0.5) is 4.79 Å². The lowest BCUT2D eigenvalue weighted by Crippen LogP contribution is -2.55. The molecule has 0 saturated carbocycles. The molecule has 1 aromatic carbocycles. The molecule has 0 radical (unpaired) electrons. The van der Waals surface area contributed by atoms with Crippen molar-refractivity contribution in [1.29, 1.82) is 0 Å². The number of aromatic amines is 1. The summed E-state index contributed by atoms with van der Waals surface area (Å²) in [5, 5.41) is 4.20. The minimum absolute atomic E-state index is 0.0219. The number of fused-ring (bicyclic) bond motifs is 2. The molecule has 0 bridgehead atoms. The van der Waals surface area contributed by atoms with E-state index in [1.165, 1.54) is 26.9 Å². The molecule has 2 aliphatic rings. The molecule has 7 heteroatoms. The van der Waals surface area contributed by atoms with Gasteiger partial charge in [0.1, 0.15) is 0 Å². The first-order chi connectivity index (χ1) is 15.9. The number of nitrogens with one attached hydrogen (secondary N) is 2. The SMILES string of the molecule is CCCN1C[C@H](C(=O)N(CCCN(C)C)C(=O)NCC)C[C@@H]2c3cccc4[nH]cc(c34)C[C@H]21. The standard InChI is InChI=1S/C26H39N5O2/c1-5-11-30-17-19(25(32)31(26(33)27-6-2)13-8-12-29(3)4)14-21-20-9-7-10-22-24(20)18(16-28-22)15-23(21)30/h7,9-10,16,19,21,23,28H,5-6,8,11-15,17H2,1-4H3,(H,27,33)/t19-,21-,23-/m1/s1. The number of likely N-dealkylation sites (tertiary alicyclic amines) is 1. The molecule has 0 unspecified atom stereocenters. The predicted octanol–water partition coefficient (Wildman–Crippen LogP) is 3.42. The molecule has 1 aliphatic carbocycles. The Kier molecular flexibility index (Phi) is 7.39. The van der Waals surface area contributed by atoms with Crippen LogP contribution >= 0.6 is 0 Å². The van der Waals surface area contributed by atoms with Crippen LogP contribution in [0.2, 0.25) is 0 Å². The molecule has 2 aromatic rings. The van der Waals surface area contributed by atoms with E-state index in [-0.39, 0.29) is 17.9 Å². The van der Waals surface area contributed by atoms with Crippen molar-refractivity contribution in [2.24, 2.45) is 5.92 Å². The molecule has 7 nitrogen and oxygen atoms in total. The first kappa shape index (κ1) is 23.8. The van der Waals surface area contributed by atoms with E-state index in [1.807, 2.05) is 21.0 Å². The highest BCUT2D eigenvalue weighted by Crippen LogP contribution is 2.45. The second-order valence-corrected chi connectivity index (χ2v) is 9.87. The van der Waals surface area contributed by atoms with E-state index in [9.17, 15) is 9.59 Å². The van der Waals surface area contributed by atoms with Crippen LogP contribution in [0.3, 0.4) is 0 Å². The third kappa shape index (κ3) is 4.80. The van der Waals surface area contributed by atoms with Gasteiger partial charge >= 0.3 is 6.03 Å². The predicted molar refractivity (Wildman–Crippen MR) is 132 cm³/mol. The van der Waals surface area contributed by atoms with E-state index in [0.717, 1.165) is 45.3 Å². The normalized spacial score (nSPS) is 22.4. The average molecular weight is 454 g/mol. The Morgan fingerprint density at radius 3 is 2.76 bits per heavy atom. The van der Waals surface area contributed by atoms with Crippen LogP contribution in [0.1, 0.15) is 50.2 Å². The van der Waals surface area contributed by atoms with Crippen molar-refractivity contribution >= 4 is 22.8 Å². The molecule has 3 atom stereocenters. The molecule has 3 amide bonds. The smallest absolute Gasteiger partial charge is 0.324 e. The van der Waals surface area contributed by atoms with Crippen LogP contribution in [0.25, 0.3) is 10.9 Å². The molecule has 1 aliphatic heterocycles. The van der Waals surface area contributed by atoms with E-state index in [1.54, 1.807) is 0 Å². The Balaban J connectivity index is 1.61. The van der Waals surface area contributed by atoms with Gasteiger partial charge in [0.25, 0.3) is 0 Å². The first-order valence-corrected chi connectivity index (χ1v) is 12.5. The zero-order valence-corrected chi connectivity index (χ0v) is 20.6. The maximum atomic E-state index is 13.8. The summed E-state index contributed by atoms with van der Waals surface area (Å²) in [5.41, 5.74) is 3.93. The van der Waals surface area contributed by atoms with Crippen molar-refractivity contribution in [2.75, 3.05) is 46.8 Å². The van der Waals surface area contributed by atoms with Crippen LogP contribution < -0.4 is 5.32 Å². The summed E-state index contributed by atoms with van der Waals surface area (Å²) in [6, 6.07) is 6.66. The lowest BCUT2D eigenvalue weighted by Gasteiger charge is -2.47. The number of carbonyl (C=O) groups excluding carboxylic acids is 2. The Morgan fingerprint density at radius 1 is 1.21 bits per heavy atom. The van der Waals surface area contributed by atoms with Gasteiger partial charge in [-0.05, 0) is 77.0 Å². The Morgan fingerprint density at radius 2 is 2.03 bits per heavy atom. The number of piperidine rings is 1. The second-order valence-electron chi connectivity index (χ2n) is 9.87. The largest absolute Gasteiger partial charge is 0.361 e. The summed E-state index contributed by atoms with van der Waals surface area (Å²) >= 11 is 0. The molecular weight excluding hydrogens is 414 g/mol. The van der Waals surface area contributed by atoms with Gasteiger partial charge in [-0.3, -0.25) is 14.6 Å². The van der Waals surface area contributed by atoms with Gasteiger partial charge in [0.2, 0.25) is 5.91 Å². The van der Waals surface area contributed by atoms with Crippen molar-refractivity contribution in [3.63, 3.8) is 0 Å². The number of hydrogen-bond acceptors (Lipinski definition) is 4. The van der Waals surface area contributed by atoms with Crippen molar-refractivity contribution < 1.29 is 9.59 Å². The number of H-pyrrole nitrogens is 1. The van der Waals surface area contributed by atoms with Crippen molar-refractivity contribution in [2.45, 2.75) is 51.5 Å². The van der Waals surface area contributed by atoms with E-state index < -0.39 is 0 Å². The van der Waals surface area contributed by atoms with Gasteiger partial charge in [0.05, 0.1) is 5.92 Å². The topological polar surface area (TPSA) is 71.7 Å². The van der Waals surface area contributed by atoms with Crippen LogP contribution in [0.5, 0.6) is 0 Å². The van der Waals surface area contributed by atoms with Crippen LogP contribution in [0.15, 0.2) is 24.4 Å². The Labute approximate surface area is 197 Å². The lowest BCUT2D eigenvalue weighted by molar-refractivity contribution is -0.135. The number of rotatable bonds is 8. The van der Waals surface area contributed by atoms with Gasteiger partial charge in [-0.2, -0.15) is 0 Å². The van der Waals surface area contributed by atoms with E-state index >= 15 is 0 Å². The quantitative estimate of drug-likeness (QED) is 0.643. The van der Waals surface area contributed by atoms with Gasteiger partial charge in [-0.1, -0.05) is 19.1 Å². The van der Waals surface area contributed by atoms with Gasteiger partial charge in [0.15, 0.2) is 0 Å². The number of urea groups is 1. The first-order valence-electron chi connectivity index (χ1n) is 12.5. The Bertz CT molecular complexity index is 984. The number of amides is 3. The average Bonchev–Trinajstić information content (AvgIpc) is 3.21. The van der Waals surface area contributed by atoms with Crippen molar-refractivity contribution in [1.82, 2.24) is 25.0 Å². The fourth-order valence-electron chi connectivity index (χ4n) is 5.84. The molecule has 2 heterocycles. The van der Waals surface area contributed by atoms with Gasteiger partial charge in [0, 0.05) is 48.7 Å². The number of aromatic nitrogens is 1. The zero-order chi connectivity index (χ0) is 23.5. The molecular formula is C26H39N5O2. The highest BCUT2D eigenvalue weighted by Gasteiger charge is 2.43. The third-order valence-electron chi connectivity index (χ3n) is 7.26. The number of nitrogens with zero attached hydrogens (tertiary/aromatic N) is 3. The minimum Gasteiger partial charge on any atom is -0.361 e. The van der Waals surface area contributed by atoms with E-state index in [0.29, 0.717) is 25.0 Å². The summed E-state index contributed by atoms with van der Waals surface area (Å²) in [4.78, 5) is 36.1. The molecule has 180 valence electrons. The van der Waals surface area contributed by atoms with Gasteiger partial charge in [-0.25, -0.2) is 4.79 Å². The fourth-order valence-corrected chi connectivity index (χ4v) is 5.84. The van der Waals surface area contributed by atoms with Crippen LogP contribution in [-0.2, 0) is 11.2 Å². The molecule has 1 fully saturated rings. The van der Waals surface area contributed by atoms with Gasteiger partial charge < -0.3 is 15.2 Å². The molecule has 4 rings (SSSR count). The summed E-state index contributed by atoms with van der Waals surface area (Å²) in [6.45, 7) is 7.62. The number of carbonyl (C=O) groups is 2. The molecule has 2 N–H and O–H groups in total. The maximum Gasteiger partial charge on any atom is 0.324 e. The zero-order valence-electron chi connectivity index (χ0n) is 20.6. The second kappa shape index (κ2) is 10.3. The van der Waals surface area contributed by atoms with Crippen molar-refractivity contribution in [3.8, 4) is 0 Å². The van der Waals surface area contributed by atoms with E-state index in [2.05, 4.69) is 51.4 Å². The summed E-state index contributed by atoms with van der Waals surface area (Å²) in [7, 11) is 4.03. The molecule has 0 spiro atoms. The van der Waals surface area contributed by atoms with Gasteiger partial charge in [-0.15, -0.1) is 0 Å². The molecule has 1 aromatic heterocycles. The molecule has 33 heavy (non-hydrogen) atoms. The summed E-state index contributed by atoms with van der Waals surface area (Å²) in [6.07, 6.45) is 5.81. The maximum absolute atomic E-state index is 13.8. The van der Waals surface area contributed by atoms with Crippen molar-refractivity contribution in [3.05, 3.63) is 35.5 Å². The van der Waals surface area contributed by atoms with Crippen LogP contribution in [0, 0.1) is 5.92 Å². The highest BCUT2D eigenvalue weighted by atomic mass is 16.2. The number of hydrogen-bond donors (Lipinski definition) is 2. The van der Waals surface area contributed by atoms with E-state index in [4.69, 9.17) is 0 Å². The lowest BCUT2D eigenvalue weighted by atomic mass is 9.72. The minimum atomic E-state index is -0.260. The van der Waals surface area contributed by atoms with Crippen LogP contribution in [-0.4, -0.2) is 84.5 Å². The fraction of sp³-hybridized carbons (Fsp3) is 0.615. The number of benzene rings is 1. The molecule has 1 saturated heterocycles.